The van der Waals surface area contributed by atoms with Gasteiger partial charge in [-0.3, -0.25) is 9.59 Å². The SMILES string of the molecule is COc1cccc(C(=O)N2CCS[C@@]23C(=O)N(Cc2ccc(C)cc2)c2ccc(C)cc23)c1. The van der Waals surface area contributed by atoms with E-state index in [0.29, 0.717) is 30.2 Å². The number of aryl methyl sites for hydroxylation is 2. The van der Waals surface area contributed by atoms with Crippen molar-refractivity contribution in [1.29, 1.82) is 0 Å². The Kier molecular flexibility index (Phi) is 5.41. The number of fused-ring (bicyclic) bond motifs is 2. The first-order valence-electron chi connectivity index (χ1n) is 11.0. The minimum Gasteiger partial charge on any atom is -0.497 e. The second-order valence-electron chi connectivity index (χ2n) is 8.58. The first-order chi connectivity index (χ1) is 15.9. The zero-order chi connectivity index (χ0) is 23.2. The summed E-state index contributed by atoms with van der Waals surface area (Å²) in [7, 11) is 1.58. The van der Waals surface area contributed by atoms with E-state index in [0.717, 1.165) is 22.4 Å². The Hall–Kier alpha value is -3.25. The van der Waals surface area contributed by atoms with Crippen molar-refractivity contribution in [2.24, 2.45) is 0 Å². The maximum Gasteiger partial charge on any atom is 0.268 e. The van der Waals surface area contributed by atoms with Gasteiger partial charge in [0.1, 0.15) is 5.75 Å². The molecule has 1 fully saturated rings. The third-order valence-electron chi connectivity index (χ3n) is 6.37. The molecule has 0 unspecified atom stereocenters. The number of anilines is 1. The van der Waals surface area contributed by atoms with E-state index in [1.165, 1.54) is 5.56 Å². The first kappa shape index (κ1) is 21.6. The minimum atomic E-state index is -1.05. The fourth-order valence-electron chi connectivity index (χ4n) is 4.67. The van der Waals surface area contributed by atoms with E-state index in [2.05, 4.69) is 37.3 Å². The van der Waals surface area contributed by atoms with Crippen LogP contribution in [0.1, 0.15) is 32.6 Å². The highest BCUT2D eigenvalue weighted by atomic mass is 32.2. The summed E-state index contributed by atoms with van der Waals surface area (Å²) in [6.07, 6.45) is 0. The van der Waals surface area contributed by atoms with Gasteiger partial charge < -0.3 is 14.5 Å². The molecule has 2 amide bonds. The van der Waals surface area contributed by atoms with E-state index < -0.39 is 4.87 Å². The molecule has 0 bridgehead atoms. The van der Waals surface area contributed by atoms with Crippen LogP contribution in [-0.4, -0.2) is 36.1 Å². The molecule has 0 radical (unpaired) electrons. The number of methoxy groups -OCH3 is 1. The van der Waals surface area contributed by atoms with E-state index in [1.54, 1.807) is 42.0 Å². The molecule has 5 rings (SSSR count). The van der Waals surface area contributed by atoms with Crippen molar-refractivity contribution in [1.82, 2.24) is 4.90 Å². The molecule has 2 heterocycles. The van der Waals surface area contributed by atoms with E-state index >= 15 is 0 Å². The third-order valence-corrected chi connectivity index (χ3v) is 7.79. The van der Waals surface area contributed by atoms with Crippen LogP contribution in [0, 0.1) is 13.8 Å². The number of benzene rings is 3. The molecular formula is C27H26N2O3S. The number of hydrogen-bond donors (Lipinski definition) is 0. The Morgan fingerprint density at radius 3 is 2.55 bits per heavy atom. The molecular weight excluding hydrogens is 432 g/mol. The van der Waals surface area contributed by atoms with Gasteiger partial charge in [-0.2, -0.15) is 0 Å². The lowest BCUT2D eigenvalue weighted by Gasteiger charge is -2.33. The molecule has 168 valence electrons. The molecule has 0 saturated carbocycles. The van der Waals surface area contributed by atoms with Crippen molar-refractivity contribution in [3.05, 3.63) is 94.5 Å². The normalized spacial score (nSPS) is 19.3. The monoisotopic (exact) mass is 458 g/mol. The van der Waals surface area contributed by atoms with Gasteiger partial charge in [-0.05, 0) is 43.7 Å². The number of hydrogen-bond acceptors (Lipinski definition) is 4. The summed E-state index contributed by atoms with van der Waals surface area (Å²) in [5.41, 5.74) is 5.61. The molecule has 1 spiro atoms. The van der Waals surface area contributed by atoms with Crippen LogP contribution in [0.3, 0.4) is 0 Å². The van der Waals surface area contributed by atoms with E-state index in [-0.39, 0.29) is 11.8 Å². The second kappa shape index (κ2) is 8.27. The molecule has 2 aliphatic heterocycles. The molecule has 5 nitrogen and oxygen atoms in total. The number of ether oxygens (including phenoxy) is 1. The Morgan fingerprint density at radius 2 is 1.79 bits per heavy atom. The van der Waals surface area contributed by atoms with Crippen LogP contribution in [0.5, 0.6) is 5.75 Å². The van der Waals surface area contributed by atoms with Crippen molar-refractivity contribution in [2.75, 3.05) is 24.3 Å². The van der Waals surface area contributed by atoms with Gasteiger partial charge in [0.2, 0.25) is 0 Å². The van der Waals surface area contributed by atoms with Crippen LogP contribution >= 0.6 is 11.8 Å². The summed E-state index contributed by atoms with van der Waals surface area (Å²) in [5, 5.41) is 0. The predicted octanol–water partition coefficient (Wildman–Crippen LogP) is 4.90. The molecule has 1 atom stereocenters. The van der Waals surface area contributed by atoms with Crippen LogP contribution in [0.2, 0.25) is 0 Å². The average molecular weight is 459 g/mol. The maximum absolute atomic E-state index is 14.1. The molecule has 1 saturated heterocycles. The smallest absolute Gasteiger partial charge is 0.268 e. The molecule has 0 aromatic heterocycles. The van der Waals surface area contributed by atoms with Crippen molar-refractivity contribution in [3.8, 4) is 5.75 Å². The predicted molar refractivity (Wildman–Crippen MR) is 132 cm³/mol. The largest absolute Gasteiger partial charge is 0.497 e. The van der Waals surface area contributed by atoms with Crippen LogP contribution in [-0.2, 0) is 16.2 Å². The van der Waals surface area contributed by atoms with Gasteiger partial charge in [-0.1, -0.05) is 53.6 Å². The number of nitrogens with zero attached hydrogens (tertiary/aromatic N) is 2. The van der Waals surface area contributed by atoms with Crippen molar-refractivity contribution in [3.63, 3.8) is 0 Å². The van der Waals surface area contributed by atoms with Crippen molar-refractivity contribution in [2.45, 2.75) is 25.3 Å². The Balaban J connectivity index is 1.58. The summed E-state index contributed by atoms with van der Waals surface area (Å²) in [5.74, 6) is 1.11. The summed E-state index contributed by atoms with van der Waals surface area (Å²) < 4.78 is 5.32. The quantitative estimate of drug-likeness (QED) is 0.558. The van der Waals surface area contributed by atoms with Crippen molar-refractivity contribution >= 4 is 29.3 Å². The van der Waals surface area contributed by atoms with Crippen LogP contribution in [0.15, 0.2) is 66.7 Å². The zero-order valence-corrected chi connectivity index (χ0v) is 19.8. The summed E-state index contributed by atoms with van der Waals surface area (Å²) in [4.78, 5) is 30.4. The number of thioether (sulfide) groups is 1. The number of carbonyl (C=O) groups is 2. The highest BCUT2D eigenvalue weighted by molar-refractivity contribution is 8.01. The van der Waals surface area contributed by atoms with Gasteiger partial charge in [0.25, 0.3) is 11.8 Å². The fraction of sp³-hybridized carbons (Fsp3) is 0.259. The Morgan fingerprint density at radius 1 is 1.03 bits per heavy atom. The van der Waals surface area contributed by atoms with E-state index in [4.69, 9.17) is 4.74 Å². The lowest BCUT2D eigenvalue weighted by Crippen LogP contribution is -2.50. The highest BCUT2D eigenvalue weighted by Gasteiger charge is 2.59. The highest BCUT2D eigenvalue weighted by Crippen LogP contribution is 2.55. The van der Waals surface area contributed by atoms with Gasteiger partial charge in [-0.15, -0.1) is 11.8 Å². The standard InChI is InChI=1S/C27H26N2O3S/c1-18-7-10-20(11-8-18)17-28-24-12-9-19(2)15-23(24)27(26(28)31)29(13-14-33-27)25(30)21-5-4-6-22(16-21)32-3/h4-12,15-16H,13-14,17H2,1-3H3/t27-/m0/s1. The molecule has 0 N–H and O–H groups in total. The topological polar surface area (TPSA) is 49.9 Å². The zero-order valence-electron chi connectivity index (χ0n) is 19.0. The van der Waals surface area contributed by atoms with Crippen molar-refractivity contribution < 1.29 is 14.3 Å². The molecule has 33 heavy (non-hydrogen) atoms. The Bertz CT molecular complexity index is 1240. The van der Waals surface area contributed by atoms with Gasteiger partial charge in [0, 0.05) is 23.4 Å². The average Bonchev–Trinajstić information content (AvgIpc) is 3.37. The lowest BCUT2D eigenvalue weighted by molar-refractivity contribution is -0.123. The number of amides is 2. The molecule has 3 aromatic carbocycles. The maximum atomic E-state index is 14.1. The minimum absolute atomic E-state index is 0.0533. The first-order valence-corrected chi connectivity index (χ1v) is 12.0. The third kappa shape index (κ3) is 3.49. The van der Waals surface area contributed by atoms with E-state index in [1.807, 2.05) is 30.0 Å². The molecule has 3 aromatic rings. The Labute approximate surface area is 198 Å². The second-order valence-corrected chi connectivity index (χ2v) is 9.87. The molecule has 6 heteroatoms. The van der Waals surface area contributed by atoms with Crippen LogP contribution in [0.25, 0.3) is 0 Å². The van der Waals surface area contributed by atoms with Gasteiger partial charge in [-0.25, -0.2) is 0 Å². The number of rotatable bonds is 4. The summed E-state index contributed by atoms with van der Waals surface area (Å²) in [6, 6.07) is 21.5. The molecule has 0 aliphatic carbocycles. The summed E-state index contributed by atoms with van der Waals surface area (Å²) >= 11 is 1.55. The molecule has 2 aliphatic rings. The van der Waals surface area contributed by atoms with Gasteiger partial charge in [0.15, 0.2) is 4.87 Å². The van der Waals surface area contributed by atoms with Gasteiger partial charge in [0.05, 0.1) is 19.3 Å². The lowest BCUT2D eigenvalue weighted by atomic mass is 10.0. The van der Waals surface area contributed by atoms with E-state index in [9.17, 15) is 9.59 Å². The number of carbonyl (C=O) groups excluding carboxylic acids is 2. The summed E-state index contributed by atoms with van der Waals surface area (Å²) in [6.45, 7) is 5.06. The van der Waals surface area contributed by atoms with Crippen LogP contribution in [0.4, 0.5) is 5.69 Å². The van der Waals surface area contributed by atoms with Gasteiger partial charge >= 0.3 is 0 Å². The fourth-order valence-corrected chi connectivity index (χ4v) is 6.13. The van der Waals surface area contributed by atoms with Crippen LogP contribution < -0.4 is 9.64 Å².